The van der Waals surface area contributed by atoms with Crippen LogP contribution >= 0.6 is 0 Å². The first-order valence-electron chi connectivity index (χ1n) is 16.8. The van der Waals surface area contributed by atoms with Crippen molar-refractivity contribution in [2.24, 2.45) is 0 Å². The topological polar surface area (TPSA) is 92.4 Å². The molecule has 0 amide bonds. The van der Waals surface area contributed by atoms with Gasteiger partial charge < -0.3 is 15.4 Å². The van der Waals surface area contributed by atoms with Gasteiger partial charge in [0.05, 0.1) is 34.8 Å². The quantitative estimate of drug-likeness (QED) is 0.112. The molecule has 8 rings (SSSR count). The van der Waals surface area contributed by atoms with Crippen molar-refractivity contribution in [3.05, 3.63) is 47.2 Å². The Balaban J connectivity index is 0.00000179. The van der Waals surface area contributed by atoms with Gasteiger partial charge >= 0.3 is 6.01 Å². The van der Waals surface area contributed by atoms with Crippen LogP contribution in [0.4, 0.5) is 29.1 Å². The molecule has 0 radical (unpaired) electrons. The number of fused-ring (bicyclic) bond motifs is 4. The molecule has 2 aromatic carbocycles. The van der Waals surface area contributed by atoms with E-state index in [1.54, 1.807) is 11.0 Å². The molecule has 4 aliphatic heterocycles. The van der Waals surface area contributed by atoms with E-state index in [4.69, 9.17) is 26.9 Å². The normalized spacial score (nSPS) is 23.1. The highest BCUT2D eigenvalue weighted by Gasteiger charge is 2.45. The zero-order valence-electron chi connectivity index (χ0n) is 27.1. The Hall–Kier alpha value is -4.21. The predicted octanol–water partition coefficient (Wildman–Crippen LogP) is 6.43. The lowest BCUT2D eigenvalue weighted by Crippen LogP contribution is -2.60. The summed E-state index contributed by atoms with van der Waals surface area (Å²) < 4.78 is 68.4. The monoisotopic (exact) mass is 661 g/mol. The fourth-order valence-corrected chi connectivity index (χ4v) is 8.12. The predicted molar refractivity (Wildman–Crippen MR) is 179 cm³/mol. The van der Waals surface area contributed by atoms with Crippen molar-refractivity contribution in [3.63, 3.8) is 0 Å². The maximum absolute atomic E-state index is 17.0. The molecule has 252 valence electrons. The van der Waals surface area contributed by atoms with E-state index in [1.807, 2.05) is 13.8 Å². The van der Waals surface area contributed by atoms with E-state index in [-0.39, 0.29) is 51.6 Å². The molecular formula is C36H39F4N7O. The van der Waals surface area contributed by atoms with Crippen molar-refractivity contribution in [1.82, 2.24) is 25.2 Å². The van der Waals surface area contributed by atoms with Crippen molar-refractivity contribution >= 4 is 33.2 Å². The SMILES string of the molecule is C#Cc1c(F)ccc2cc(N)cc(-c3nc4c5c(nc(OCC67CCCN6CCC7)nc5c3F)N3CC(F)NC(F)C3CCC4)c12.CC. The number of nitrogen functional groups attached to an aromatic ring is 1. The van der Waals surface area contributed by atoms with Gasteiger partial charge in [-0.1, -0.05) is 25.8 Å². The number of nitrogens with two attached hydrogens (primary N) is 1. The number of hydrogen-bond donors (Lipinski definition) is 2. The summed E-state index contributed by atoms with van der Waals surface area (Å²) in [7, 11) is 0. The van der Waals surface area contributed by atoms with Crippen LogP contribution in [0.1, 0.15) is 63.6 Å². The number of aromatic nitrogens is 3. The van der Waals surface area contributed by atoms with E-state index in [1.165, 1.54) is 18.2 Å². The number of piperazine rings is 1. The smallest absolute Gasteiger partial charge is 0.319 e. The first-order chi connectivity index (χ1) is 23.3. The van der Waals surface area contributed by atoms with Gasteiger partial charge in [-0.25, -0.2) is 22.5 Å². The van der Waals surface area contributed by atoms with Gasteiger partial charge in [-0.2, -0.15) is 9.97 Å². The lowest BCUT2D eigenvalue weighted by molar-refractivity contribution is 0.102. The minimum Gasteiger partial charge on any atom is -0.461 e. The highest BCUT2D eigenvalue weighted by atomic mass is 19.2. The van der Waals surface area contributed by atoms with Gasteiger partial charge in [0.2, 0.25) is 0 Å². The van der Waals surface area contributed by atoms with Crippen LogP contribution in [0, 0.1) is 24.0 Å². The van der Waals surface area contributed by atoms with Crippen molar-refractivity contribution in [2.45, 2.75) is 83.0 Å². The van der Waals surface area contributed by atoms with Crippen molar-refractivity contribution < 1.29 is 22.3 Å². The first-order valence-corrected chi connectivity index (χ1v) is 16.8. The summed E-state index contributed by atoms with van der Waals surface area (Å²) in [5.74, 6) is 1.15. The molecule has 2 aromatic heterocycles. The third-order valence-corrected chi connectivity index (χ3v) is 10.2. The molecule has 0 aliphatic carbocycles. The number of aryl methyl sites for hydroxylation is 1. The van der Waals surface area contributed by atoms with E-state index in [2.05, 4.69) is 21.1 Å². The second-order valence-corrected chi connectivity index (χ2v) is 12.9. The molecular weight excluding hydrogens is 622 g/mol. The van der Waals surface area contributed by atoms with Gasteiger partial charge in [0.1, 0.15) is 29.5 Å². The number of ether oxygens (including phenoxy) is 1. The lowest BCUT2D eigenvalue weighted by atomic mass is 9.94. The second kappa shape index (κ2) is 12.7. The minimum atomic E-state index is -1.67. The van der Waals surface area contributed by atoms with Crippen LogP contribution in [0.15, 0.2) is 24.3 Å². The van der Waals surface area contributed by atoms with Gasteiger partial charge in [0.15, 0.2) is 18.4 Å². The maximum Gasteiger partial charge on any atom is 0.319 e. The summed E-state index contributed by atoms with van der Waals surface area (Å²) in [4.78, 5) is 18.1. The average molecular weight is 662 g/mol. The third-order valence-electron chi connectivity index (χ3n) is 10.2. The van der Waals surface area contributed by atoms with Gasteiger partial charge in [0.25, 0.3) is 0 Å². The van der Waals surface area contributed by atoms with Crippen LogP contribution in [-0.2, 0) is 6.42 Å². The lowest BCUT2D eigenvalue weighted by Gasteiger charge is -2.42. The number of halogens is 4. The summed E-state index contributed by atoms with van der Waals surface area (Å²) in [6, 6.07) is 5.15. The Kier molecular flexibility index (Phi) is 8.54. The van der Waals surface area contributed by atoms with E-state index in [0.717, 1.165) is 38.8 Å². The van der Waals surface area contributed by atoms with Gasteiger partial charge in [-0.15, -0.1) is 6.42 Å². The molecule has 6 heterocycles. The maximum atomic E-state index is 17.0. The molecule has 48 heavy (non-hydrogen) atoms. The van der Waals surface area contributed by atoms with E-state index in [0.29, 0.717) is 48.0 Å². The molecule has 3 atom stereocenters. The first kappa shape index (κ1) is 32.3. The Labute approximate surface area is 277 Å². The van der Waals surface area contributed by atoms with Crippen LogP contribution in [0.25, 0.3) is 32.9 Å². The van der Waals surface area contributed by atoms with E-state index in [9.17, 15) is 8.78 Å². The Bertz CT molecular complexity index is 1920. The Morgan fingerprint density at radius 1 is 1.06 bits per heavy atom. The number of pyridine rings is 1. The number of nitrogens with zero attached hydrogens (tertiary/aromatic N) is 5. The fourth-order valence-electron chi connectivity index (χ4n) is 8.12. The second-order valence-electron chi connectivity index (χ2n) is 12.9. The number of rotatable bonds is 4. The summed E-state index contributed by atoms with van der Waals surface area (Å²) in [5.41, 5.74) is 6.88. The van der Waals surface area contributed by atoms with Crippen LogP contribution < -0.4 is 20.7 Å². The summed E-state index contributed by atoms with van der Waals surface area (Å²) >= 11 is 0. The zero-order chi connectivity index (χ0) is 33.7. The Morgan fingerprint density at radius 2 is 1.83 bits per heavy atom. The largest absolute Gasteiger partial charge is 0.461 e. The molecule has 0 bridgehead atoms. The van der Waals surface area contributed by atoms with Crippen molar-refractivity contribution in [1.29, 1.82) is 0 Å². The molecule has 3 saturated heterocycles. The number of alkyl halides is 2. The Morgan fingerprint density at radius 3 is 2.58 bits per heavy atom. The van der Waals surface area contributed by atoms with E-state index < -0.39 is 30.3 Å². The third kappa shape index (κ3) is 5.28. The summed E-state index contributed by atoms with van der Waals surface area (Å²) in [6.07, 6.45) is 7.71. The van der Waals surface area contributed by atoms with Crippen molar-refractivity contribution in [3.8, 4) is 29.6 Å². The van der Waals surface area contributed by atoms with Crippen molar-refractivity contribution in [2.75, 3.05) is 36.9 Å². The molecule has 0 spiro atoms. The summed E-state index contributed by atoms with van der Waals surface area (Å²) in [5, 5.41) is 3.47. The zero-order valence-corrected chi connectivity index (χ0v) is 27.1. The van der Waals surface area contributed by atoms with Gasteiger partial charge in [-0.3, -0.25) is 10.2 Å². The molecule has 4 aromatic rings. The van der Waals surface area contributed by atoms with Crippen LogP contribution in [0.3, 0.4) is 0 Å². The number of terminal acetylenes is 1. The minimum absolute atomic E-state index is 0.0348. The van der Waals surface area contributed by atoms with Crippen LogP contribution in [0.5, 0.6) is 6.01 Å². The molecule has 3 unspecified atom stereocenters. The van der Waals surface area contributed by atoms with Gasteiger partial charge in [0, 0.05) is 16.6 Å². The number of hydrogen-bond acceptors (Lipinski definition) is 8. The fraction of sp³-hybridized carbons (Fsp3) is 0.472. The van der Waals surface area contributed by atoms with Crippen LogP contribution in [0.2, 0.25) is 0 Å². The number of nitrogens with one attached hydrogen (secondary N) is 1. The molecule has 8 nitrogen and oxygen atoms in total. The van der Waals surface area contributed by atoms with Gasteiger partial charge in [-0.05, 0) is 81.6 Å². The standard InChI is InChI=1S/C34H33F4N7O.C2H6/c1-2-20-22(35)9-8-18-14-19(39)15-21(26(18)20)29-28(37)30-27-23(40-29)6-3-7-24-31(38)41-25(36)16-45(24)32(27)43-33(42-30)46-17-34-10-4-12-44(34)13-5-11-34;1-2/h1,8-9,14-15,24-25,31,41H,3-7,10-13,16-17,39H2;1-2H3. The highest BCUT2D eigenvalue weighted by Crippen LogP contribution is 2.43. The van der Waals surface area contributed by atoms with E-state index >= 15 is 8.78 Å². The molecule has 3 N–H and O–H groups in total. The number of anilines is 2. The molecule has 4 aliphatic rings. The summed E-state index contributed by atoms with van der Waals surface area (Å²) in [6.45, 7) is 6.11. The highest BCUT2D eigenvalue weighted by molar-refractivity contribution is 6.04. The molecule has 3 fully saturated rings. The number of benzene rings is 2. The molecule has 12 heteroatoms. The average Bonchev–Trinajstić information content (AvgIpc) is 3.66. The molecule has 0 saturated carbocycles. The van der Waals surface area contributed by atoms with Crippen LogP contribution in [-0.4, -0.2) is 70.3 Å².